The molecule has 2 aromatic rings. The van der Waals surface area contributed by atoms with Gasteiger partial charge in [-0.15, -0.1) is 5.10 Å². The van der Waals surface area contributed by atoms with Crippen molar-refractivity contribution in [2.45, 2.75) is 31.3 Å². The minimum atomic E-state index is 0.526. The van der Waals surface area contributed by atoms with E-state index in [1.807, 2.05) is 23.7 Å². The van der Waals surface area contributed by atoms with Crippen LogP contribution in [0.1, 0.15) is 25.1 Å². The van der Waals surface area contributed by atoms with Crippen molar-refractivity contribution in [2.24, 2.45) is 5.92 Å². The van der Waals surface area contributed by atoms with Crippen LogP contribution in [0.15, 0.2) is 23.4 Å². The zero-order valence-corrected chi connectivity index (χ0v) is 15.4. The standard InChI is InChI=1S/C16H20Cl2N4S/c1-11-20-16(23-8-2-3-12-6-7-19-10-12)21-22(11)13-4-5-14(17)15(18)9-13/h4-5,9,12,19H,2-3,6-8,10H2,1H3. The minimum absolute atomic E-state index is 0.526. The summed E-state index contributed by atoms with van der Waals surface area (Å²) in [5.41, 5.74) is 0.883. The van der Waals surface area contributed by atoms with E-state index in [1.165, 1.54) is 32.4 Å². The smallest absolute Gasteiger partial charge is 0.209 e. The van der Waals surface area contributed by atoms with Crippen molar-refractivity contribution in [1.29, 1.82) is 0 Å². The van der Waals surface area contributed by atoms with Crippen molar-refractivity contribution in [3.8, 4) is 5.69 Å². The highest BCUT2D eigenvalue weighted by molar-refractivity contribution is 7.99. The van der Waals surface area contributed by atoms with Crippen molar-refractivity contribution in [2.75, 3.05) is 18.8 Å². The number of rotatable bonds is 6. The highest BCUT2D eigenvalue weighted by atomic mass is 35.5. The van der Waals surface area contributed by atoms with Crippen LogP contribution in [0.3, 0.4) is 0 Å². The van der Waals surface area contributed by atoms with Crippen LogP contribution < -0.4 is 5.32 Å². The van der Waals surface area contributed by atoms with Gasteiger partial charge in [-0.2, -0.15) is 0 Å². The summed E-state index contributed by atoms with van der Waals surface area (Å²) < 4.78 is 1.81. The third-order valence-corrected chi connectivity index (χ3v) is 5.71. The summed E-state index contributed by atoms with van der Waals surface area (Å²) in [7, 11) is 0. The van der Waals surface area contributed by atoms with E-state index in [1.54, 1.807) is 17.8 Å². The zero-order valence-electron chi connectivity index (χ0n) is 13.1. The maximum Gasteiger partial charge on any atom is 0.209 e. The van der Waals surface area contributed by atoms with Crippen molar-refractivity contribution < 1.29 is 0 Å². The van der Waals surface area contributed by atoms with Crippen molar-refractivity contribution >= 4 is 35.0 Å². The van der Waals surface area contributed by atoms with Crippen LogP contribution in [0.2, 0.25) is 10.0 Å². The normalized spacial score (nSPS) is 17.8. The predicted octanol–water partition coefficient (Wildman–Crippen LogP) is 4.36. The van der Waals surface area contributed by atoms with Gasteiger partial charge in [0.25, 0.3) is 0 Å². The molecule has 1 fully saturated rings. The number of thioether (sulfide) groups is 1. The molecule has 1 saturated heterocycles. The predicted molar refractivity (Wildman–Crippen MR) is 97.1 cm³/mol. The molecular formula is C16H20Cl2N4S. The van der Waals surface area contributed by atoms with Crippen LogP contribution in [-0.4, -0.2) is 33.6 Å². The van der Waals surface area contributed by atoms with Gasteiger partial charge in [0.05, 0.1) is 15.7 Å². The first kappa shape index (κ1) is 17.1. The first-order valence-electron chi connectivity index (χ1n) is 7.86. The quantitative estimate of drug-likeness (QED) is 0.605. The van der Waals surface area contributed by atoms with E-state index in [4.69, 9.17) is 23.2 Å². The van der Waals surface area contributed by atoms with Crippen molar-refractivity contribution in [3.63, 3.8) is 0 Å². The summed E-state index contributed by atoms with van der Waals surface area (Å²) in [5.74, 6) is 2.76. The number of hydrogen-bond acceptors (Lipinski definition) is 4. The molecule has 124 valence electrons. The number of nitrogens with one attached hydrogen (secondary N) is 1. The second-order valence-corrected chi connectivity index (χ2v) is 7.68. The molecule has 1 aromatic heterocycles. The molecule has 1 unspecified atom stereocenters. The van der Waals surface area contributed by atoms with Gasteiger partial charge in [-0.25, -0.2) is 9.67 Å². The van der Waals surface area contributed by atoms with E-state index in [0.717, 1.165) is 28.3 Å². The molecule has 1 atom stereocenters. The van der Waals surface area contributed by atoms with Crippen LogP contribution in [0.5, 0.6) is 0 Å². The Balaban J connectivity index is 1.58. The molecule has 0 amide bonds. The van der Waals surface area contributed by atoms with Crippen LogP contribution in [0, 0.1) is 12.8 Å². The monoisotopic (exact) mass is 370 g/mol. The number of hydrogen-bond donors (Lipinski definition) is 1. The summed E-state index contributed by atoms with van der Waals surface area (Å²) in [6.07, 6.45) is 3.80. The van der Waals surface area contributed by atoms with E-state index in [2.05, 4.69) is 15.4 Å². The Bertz CT molecular complexity index is 668. The Kier molecular flexibility index (Phi) is 5.85. The van der Waals surface area contributed by atoms with Gasteiger partial charge >= 0.3 is 0 Å². The highest BCUT2D eigenvalue weighted by Gasteiger charge is 2.14. The van der Waals surface area contributed by atoms with Crippen LogP contribution in [-0.2, 0) is 0 Å². The Morgan fingerprint density at radius 2 is 2.22 bits per heavy atom. The molecule has 2 heterocycles. The zero-order chi connectivity index (χ0) is 16.2. The van der Waals surface area contributed by atoms with E-state index >= 15 is 0 Å². The molecule has 23 heavy (non-hydrogen) atoms. The molecule has 0 radical (unpaired) electrons. The highest BCUT2D eigenvalue weighted by Crippen LogP contribution is 2.26. The lowest BCUT2D eigenvalue weighted by molar-refractivity contribution is 0.527. The lowest BCUT2D eigenvalue weighted by Gasteiger charge is -2.06. The maximum absolute atomic E-state index is 6.08. The summed E-state index contributed by atoms with van der Waals surface area (Å²) in [6, 6.07) is 5.49. The molecule has 1 aliphatic rings. The number of nitrogens with zero attached hydrogens (tertiary/aromatic N) is 3. The number of benzene rings is 1. The Morgan fingerprint density at radius 1 is 1.35 bits per heavy atom. The molecule has 1 aromatic carbocycles. The summed E-state index contributed by atoms with van der Waals surface area (Å²) in [5, 5.41) is 9.88. The Hall–Kier alpha value is -0.750. The van der Waals surface area contributed by atoms with E-state index in [-0.39, 0.29) is 0 Å². The molecule has 0 aliphatic carbocycles. The summed E-state index contributed by atoms with van der Waals surface area (Å²) >= 11 is 13.8. The molecule has 1 N–H and O–H groups in total. The molecule has 0 saturated carbocycles. The van der Waals surface area contributed by atoms with Gasteiger partial charge in [-0.3, -0.25) is 0 Å². The topological polar surface area (TPSA) is 42.7 Å². The number of aryl methyl sites for hydroxylation is 1. The average molecular weight is 371 g/mol. The first-order chi connectivity index (χ1) is 11.1. The summed E-state index contributed by atoms with van der Waals surface area (Å²) in [6.45, 7) is 4.30. The fraction of sp³-hybridized carbons (Fsp3) is 0.500. The fourth-order valence-electron chi connectivity index (χ4n) is 2.78. The lowest BCUT2D eigenvalue weighted by Crippen LogP contribution is -2.08. The van der Waals surface area contributed by atoms with Gasteiger partial charge in [-0.05, 0) is 63.4 Å². The SMILES string of the molecule is Cc1nc(SCCCC2CCNC2)nn1-c1ccc(Cl)c(Cl)c1. The third-order valence-electron chi connectivity index (χ3n) is 4.05. The molecule has 1 aliphatic heterocycles. The van der Waals surface area contributed by atoms with Crippen LogP contribution in [0.25, 0.3) is 5.69 Å². The van der Waals surface area contributed by atoms with Crippen LogP contribution in [0.4, 0.5) is 0 Å². The number of aromatic nitrogens is 3. The Morgan fingerprint density at radius 3 is 2.96 bits per heavy atom. The van der Waals surface area contributed by atoms with Crippen LogP contribution >= 0.6 is 35.0 Å². The van der Waals surface area contributed by atoms with E-state index < -0.39 is 0 Å². The van der Waals surface area contributed by atoms with Gasteiger partial charge in [-0.1, -0.05) is 35.0 Å². The minimum Gasteiger partial charge on any atom is -0.316 e. The van der Waals surface area contributed by atoms with Gasteiger partial charge in [0.15, 0.2) is 0 Å². The van der Waals surface area contributed by atoms with Gasteiger partial charge < -0.3 is 5.32 Å². The van der Waals surface area contributed by atoms with Crippen molar-refractivity contribution in [1.82, 2.24) is 20.1 Å². The van der Waals surface area contributed by atoms with E-state index in [0.29, 0.717) is 10.0 Å². The van der Waals surface area contributed by atoms with Gasteiger partial charge in [0.1, 0.15) is 5.82 Å². The summed E-state index contributed by atoms with van der Waals surface area (Å²) in [4.78, 5) is 4.53. The fourth-order valence-corrected chi connectivity index (χ4v) is 3.91. The Labute approximate surface area is 151 Å². The van der Waals surface area contributed by atoms with E-state index in [9.17, 15) is 0 Å². The molecule has 0 spiro atoms. The lowest BCUT2D eigenvalue weighted by atomic mass is 10.0. The van der Waals surface area contributed by atoms with Crippen molar-refractivity contribution in [3.05, 3.63) is 34.1 Å². The molecule has 7 heteroatoms. The second-order valence-electron chi connectivity index (χ2n) is 5.80. The van der Waals surface area contributed by atoms with Gasteiger partial charge in [0, 0.05) is 5.75 Å². The number of halogens is 2. The molecular weight excluding hydrogens is 351 g/mol. The average Bonchev–Trinajstić information content (AvgIpc) is 3.16. The molecule has 4 nitrogen and oxygen atoms in total. The first-order valence-corrected chi connectivity index (χ1v) is 9.60. The molecule has 0 bridgehead atoms. The maximum atomic E-state index is 6.08. The second kappa shape index (κ2) is 7.88. The third kappa shape index (κ3) is 4.41. The molecule has 3 rings (SSSR count). The largest absolute Gasteiger partial charge is 0.316 e. The van der Waals surface area contributed by atoms with Gasteiger partial charge in [0.2, 0.25) is 5.16 Å².